The van der Waals surface area contributed by atoms with Crippen molar-refractivity contribution in [3.05, 3.63) is 0 Å². The van der Waals surface area contributed by atoms with E-state index >= 15 is 0 Å². The lowest BCUT2D eigenvalue weighted by Crippen LogP contribution is -2.48. The molecule has 1 heterocycles. The van der Waals surface area contributed by atoms with Crippen molar-refractivity contribution in [2.24, 2.45) is 0 Å². The molecule has 0 N–H and O–H groups in total. The van der Waals surface area contributed by atoms with Crippen molar-refractivity contribution >= 4 is 15.9 Å². The van der Waals surface area contributed by atoms with E-state index in [1.54, 1.807) is 7.11 Å². The van der Waals surface area contributed by atoms with Gasteiger partial charge in [-0.2, -0.15) is 0 Å². The van der Waals surface area contributed by atoms with Gasteiger partial charge in [0.05, 0.1) is 17.8 Å². The van der Waals surface area contributed by atoms with Crippen LogP contribution in [0.3, 0.4) is 0 Å². The van der Waals surface area contributed by atoms with E-state index in [0.717, 1.165) is 31.4 Å². The third kappa shape index (κ3) is 4.70. The van der Waals surface area contributed by atoms with Gasteiger partial charge in [0, 0.05) is 32.1 Å². The van der Waals surface area contributed by atoms with E-state index in [1.807, 2.05) is 0 Å². The molecular weight excluding hydrogens is 270 g/mol. The first-order valence-electron chi connectivity index (χ1n) is 5.96. The molecule has 2 atom stereocenters. The minimum atomic E-state index is -0.0224. The van der Waals surface area contributed by atoms with Crippen molar-refractivity contribution in [1.82, 2.24) is 4.90 Å². The summed E-state index contributed by atoms with van der Waals surface area (Å²) in [5.74, 6) is 0. The summed E-state index contributed by atoms with van der Waals surface area (Å²) in [7, 11) is 1.78. The van der Waals surface area contributed by atoms with Crippen LogP contribution in [0.5, 0.6) is 0 Å². The van der Waals surface area contributed by atoms with Gasteiger partial charge in [0.2, 0.25) is 0 Å². The molecule has 0 saturated carbocycles. The molecule has 1 rings (SSSR count). The van der Waals surface area contributed by atoms with Crippen LogP contribution in [-0.2, 0) is 9.47 Å². The lowest BCUT2D eigenvalue weighted by molar-refractivity contribution is -0.0729. The molecule has 0 bridgehead atoms. The Labute approximate surface area is 108 Å². The number of hydrogen-bond donors (Lipinski definition) is 0. The number of methoxy groups -OCH3 is 1. The third-order valence-corrected chi connectivity index (χ3v) is 3.88. The quantitative estimate of drug-likeness (QED) is 0.726. The Morgan fingerprint density at radius 1 is 1.44 bits per heavy atom. The minimum absolute atomic E-state index is 0.0224. The molecule has 0 spiro atoms. The molecule has 4 heteroatoms. The van der Waals surface area contributed by atoms with E-state index in [4.69, 9.17) is 9.47 Å². The zero-order valence-corrected chi connectivity index (χ0v) is 12.4. The highest BCUT2D eigenvalue weighted by atomic mass is 79.9. The Morgan fingerprint density at radius 3 is 2.69 bits per heavy atom. The van der Waals surface area contributed by atoms with Gasteiger partial charge in [-0.15, -0.1) is 0 Å². The van der Waals surface area contributed by atoms with Gasteiger partial charge in [0.25, 0.3) is 0 Å². The lowest BCUT2D eigenvalue weighted by atomic mass is 10.0. The Kier molecular flexibility index (Phi) is 5.71. The molecule has 1 fully saturated rings. The Bertz CT molecular complexity index is 211. The molecule has 3 nitrogen and oxygen atoms in total. The lowest BCUT2D eigenvalue weighted by Gasteiger charge is -2.37. The number of ether oxygens (including phenoxy) is 2. The molecule has 0 aromatic carbocycles. The summed E-state index contributed by atoms with van der Waals surface area (Å²) in [4.78, 5) is 2.47. The highest BCUT2D eigenvalue weighted by molar-refractivity contribution is 9.09. The molecule has 16 heavy (non-hydrogen) atoms. The van der Waals surface area contributed by atoms with Crippen LogP contribution in [0.4, 0.5) is 0 Å². The number of rotatable bonds is 5. The fraction of sp³-hybridized carbons (Fsp3) is 1.00. The molecule has 1 aliphatic rings. The maximum Gasteiger partial charge on any atom is 0.0802 e. The summed E-state index contributed by atoms with van der Waals surface area (Å²) < 4.78 is 11.2. The van der Waals surface area contributed by atoms with E-state index in [9.17, 15) is 0 Å². The summed E-state index contributed by atoms with van der Waals surface area (Å²) >= 11 is 3.49. The number of alkyl halides is 1. The third-order valence-electron chi connectivity index (χ3n) is 3.16. The SMILES string of the molecule is COC(C)(C)CCN1CC(C)OC(CBr)C1. The van der Waals surface area contributed by atoms with Crippen LogP contribution in [0.15, 0.2) is 0 Å². The highest BCUT2D eigenvalue weighted by Gasteiger charge is 2.26. The minimum Gasteiger partial charge on any atom is -0.379 e. The van der Waals surface area contributed by atoms with Crippen LogP contribution in [0.1, 0.15) is 27.2 Å². The van der Waals surface area contributed by atoms with Crippen molar-refractivity contribution in [3.8, 4) is 0 Å². The summed E-state index contributed by atoms with van der Waals surface area (Å²) in [6.45, 7) is 9.55. The zero-order chi connectivity index (χ0) is 12.2. The van der Waals surface area contributed by atoms with Gasteiger partial charge in [-0.3, -0.25) is 4.90 Å². The maximum absolute atomic E-state index is 5.80. The van der Waals surface area contributed by atoms with Crippen LogP contribution in [0, 0.1) is 0 Å². The van der Waals surface area contributed by atoms with Crippen molar-refractivity contribution in [1.29, 1.82) is 0 Å². The topological polar surface area (TPSA) is 21.7 Å². The van der Waals surface area contributed by atoms with Crippen LogP contribution in [-0.4, -0.2) is 54.8 Å². The van der Waals surface area contributed by atoms with Crippen molar-refractivity contribution < 1.29 is 9.47 Å². The maximum atomic E-state index is 5.80. The fourth-order valence-corrected chi connectivity index (χ4v) is 2.30. The molecule has 0 aliphatic carbocycles. The van der Waals surface area contributed by atoms with E-state index in [2.05, 4.69) is 41.6 Å². The number of morpholine rings is 1. The normalized spacial score (nSPS) is 28.3. The summed E-state index contributed by atoms with van der Waals surface area (Å²) in [6, 6.07) is 0. The summed E-state index contributed by atoms with van der Waals surface area (Å²) in [5.41, 5.74) is -0.0224. The van der Waals surface area contributed by atoms with Crippen molar-refractivity contribution in [2.75, 3.05) is 32.1 Å². The first-order valence-corrected chi connectivity index (χ1v) is 7.08. The molecule has 2 unspecified atom stereocenters. The number of halogens is 1. The second kappa shape index (κ2) is 6.34. The second-order valence-electron chi connectivity index (χ2n) is 5.20. The van der Waals surface area contributed by atoms with E-state index in [-0.39, 0.29) is 5.60 Å². The monoisotopic (exact) mass is 293 g/mol. The first kappa shape index (κ1) is 14.4. The van der Waals surface area contributed by atoms with E-state index in [0.29, 0.717) is 12.2 Å². The van der Waals surface area contributed by atoms with Crippen LogP contribution >= 0.6 is 15.9 Å². The van der Waals surface area contributed by atoms with Gasteiger partial charge in [-0.05, 0) is 27.2 Å². The second-order valence-corrected chi connectivity index (χ2v) is 5.84. The molecule has 0 amide bonds. The Hall–Kier alpha value is 0.360. The fourth-order valence-electron chi connectivity index (χ4n) is 1.94. The molecule has 0 radical (unpaired) electrons. The zero-order valence-electron chi connectivity index (χ0n) is 10.8. The van der Waals surface area contributed by atoms with E-state index < -0.39 is 0 Å². The van der Waals surface area contributed by atoms with Crippen LogP contribution in [0.25, 0.3) is 0 Å². The predicted octanol–water partition coefficient (Wildman–Crippen LogP) is 2.29. The Balaban J connectivity index is 2.36. The molecule has 0 aromatic rings. The number of nitrogens with zero attached hydrogens (tertiary/aromatic N) is 1. The van der Waals surface area contributed by atoms with Crippen molar-refractivity contribution in [3.63, 3.8) is 0 Å². The molecule has 0 aromatic heterocycles. The number of hydrogen-bond acceptors (Lipinski definition) is 3. The standard InChI is InChI=1S/C12H24BrNO2/c1-10-8-14(9-11(7-13)16-10)6-5-12(2,3)15-4/h10-11H,5-9H2,1-4H3. The van der Waals surface area contributed by atoms with Gasteiger partial charge in [-0.1, -0.05) is 15.9 Å². The molecular formula is C12H24BrNO2. The summed E-state index contributed by atoms with van der Waals surface area (Å²) in [5, 5.41) is 0.918. The Morgan fingerprint density at radius 2 is 2.12 bits per heavy atom. The largest absolute Gasteiger partial charge is 0.379 e. The molecule has 1 aliphatic heterocycles. The van der Waals surface area contributed by atoms with Gasteiger partial charge >= 0.3 is 0 Å². The average molecular weight is 294 g/mol. The van der Waals surface area contributed by atoms with Gasteiger partial charge in [0.15, 0.2) is 0 Å². The predicted molar refractivity (Wildman–Crippen MR) is 70.3 cm³/mol. The van der Waals surface area contributed by atoms with E-state index in [1.165, 1.54) is 0 Å². The van der Waals surface area contributed by atoms with Gasteiger partial charge < -0.3 is 9.47 Å². The van der Waals surface area contributed by atoms with Gasteiger partial charge in [-0.25, -0.2) is 0 Å². The summed E-state index contributed by atoms with van der Waals surface area (Å²) in [6.07, 6.45) is 1.72. The average Bonchev–Trinajstić information content (AvgIpc) is 2.26. The smallest absolute Gasteiger partial charge is 0.0802 e. The van der Waals surface area contributed by atoms with Gasteiger partial charge in [0.1, 0.15) is 0 Å². The first-order chi connectivity index (χ1) is 7.46. The molecule has 96 valence electrons. The molecule has 1 saturated heterocycles. The van der Waals surface area contributed by atoms with Crippen LogP contribution < -0.4 is 0 Å². The van der Waals surface area contributed by atoms with Crippen molar-refractivity contribution in [2.45, 2.75) is 45.0 Å². The highest BCUT2D eigenvalue weighted by Crippen LogP contribution is 2.17. The van der Waals surface area contributed by atoms with Crippen LogP contribution in [0.2, 0.25) is 0 Å².